The lowest BCUT2D eigenvalue weighted by Gasteiger charge is -2.11. The van der Waals surface area contributed by atoms with Gasteiger partial charge in [-0.05, 0) is 24.3 Å². The smallest absolute Gasteiger partial charge is 0.337 e. The molecule has 0 aliphatic carbocycles. The van der Waals surface area contributed by atoms with Gasteiger partial charge < -0.3 is 16.2 Å². The number of para-hydroxylation sites is 1. The van der Waals surface area contributed by atoms with Crippen LogP contribution in [0.3, 0.4) is 0 Å². The van der Waals surface area contributed by atoms with Gasteiger partial charge in [-0.25, -0.2) is 9.18 Å². The third-order valence-electron chi connectivity index (χ3n) is 2.51. The van der Waals surface area contributed by atoms with Crippen molar-refractivity contribution in [3.63, 3.8) is 0 Å². The largest absolute Gasteiger partial charge is 0.478 e. The van der Waals surface area contributed by atoms with Crippen LogP contribution < -0.4 is 11.1 Å². The molecule has 2 aromatic rings. The number of nitrogens with two attached hydrogens (primary N) is 1. The average Bonchev–Trinajstić information content (AvgIpc) is 2.34. The summed E-state index contributed by atoms with van der Waals surface area (Å²) in [6.45, 7) is 0. The Morgan fingerprint density at radius 2 is 1.95 bits per heavy atom. The van der Waals surface area contributed by atoms with Crippen LogP contribution in [0.5, 0.6) is 0 Å². The molecule has 0 aromatic heterocycles. The van der Waals surface area contributed by atoms with Gasteiger partial charge in [0.05, 0.1) is 22.0 Å². The topological polar surface area (TPSA) is 75.3 Å². The minimum atomic E-state index is -1.22. The average molecular weight is 281 g/mol. The van der Waals surface area contributed by atoms with Crippen LogP contribution in [0, 0.1) is 5.82 Å². The van der Waals surface area contributed by atoms with Crippen LogP contribution in [0.25, 0.3) is 0 Å². The first-order chi connectivity index (χ1) is 8.99. The molecule has 4 nitrogen and oxygen atoms in total. The zero-order chi connectivity index (χ0) is 14.0. The van der Waals surface area contributed by atoms with Gasteiger partial charge >= 0.3 is 5.97 Å². The molecule has 0 spiro atoms. The van der Waals surface area contributed by atoms with Crippen molar-refractivity contribution in [1.29, 1.82) is 0 Å². The molecule has 0 bridgehead atoms. The highest BCUT2D eigenvalue weighted by Crippen LogP contribution is 2.29. The van der Waals surface area contributed by atoms with Crippen molar-refractivity contribution in [2.45, 2.75) is 0 Å². The number of carboxylic acids is 1. The molecule has 0 heterocycles. The Balaban J connectivity index is 2.43. The minimum absolute atomic E-state index is 0.000278. The van der Waals surface area contributed by atoms with Crippen molar-refractivity contribution in [1.82, 2.24) is 0 Å². The Morgan fingerprint density at radius 1 is 1.26 bits per heavy atom. The second-order valence-electron chi connectivity index (χ2n) is 3.83. The number of aromatic carboxylic acids is 1. The molecule has 4 N–H and O–H groups in total. The van der Waals surface area contributed by atoms with Gasteiger partial charge in [-0.3, -0.25) is 0 Å². The molecule has 0 aliphatic heterocycles. The number of anilines is 3. The number of carbonyl (C=O) groups is 1. The van der Waals surface area contributed by atoms with Crippen molar-refractivity contribution in [3.8, 4) is 0 Å². The van der Waals surface area contributed by atoms with E-state index < -0.39 is 11.8 Å². The Hall–Kier alpha value is -2.27. The molecule has 0 radical (unpaired) electrons. The lowest BCUT2D eigenvalue weighted by molar-refractivity contribution is 0.0698. The Kier molecular flexibility index (Phi) is 3.57. The lowest BCUT2D eigenvalue weighted by Crippen LogP contribution is -2.05. The van der Waals surface area contributed by atoms with E-state index in [9.17, 15) is 9.18 Å². The van der Waals surface area contributed by atoms with Crippen LogP contribution in [0.2, 0.25) is 5.02 Å². The van der Waals surface area contributed by atoms with E-state index in [0.29, 0.717) is 10.7 Å². The first-order valence-corrected chi connectivity index (χ1v) is 5.70. The zero-order valence-electron chi connectivity index (χ0n) is 9.65. The fraction of sp³-hybridized carbons (Fsp3) is 0. The molecular weight excluding hydrogens is 271 g/mol. The van der Waals surface area contributed by atoms with Gasteiger partial charge in [0.2, 0.25) is 0 Å². The summed E-state index contributed by atoms with van der Waals surface area (Å²) < 4.78 is 13.7. The third kappa shape index (κ3) is 2.77. The highest BCUT2D eigenvalue weighted by molar-refractivity contribution is 6.33. The van der Waals surface area contributed by atoms with Crippen LogP contribution in [0.1, 0.15) is 10.4 Å². The minimum Gasteiger partial charge on any atom is -0.478 e. The molecular formula is C13H10ClFN2O2. The zero-order valence-corrected chi connectivity index (χ0v) is 10.4. The fourth-order valence-corrected chi connectivity index (χ4v) is 1.76. The highest BCUT2D eigenvalue weighted by Gasteiger charge is 2.13. The summed E-state index contributed by atoms with van der Waals surface area (Å²) in [4.78, 5) is 10.9. The maximum absolute atomic E-state index is 13.7. The number of halogens is 2. The van der Waals surface area contributed by atoms with Crippen LogP contribution in [0.15, 0.2) is 36.4 Å². The number of nitrogens with one attached hydrogen (secondary N) is 1. The van der Waals surface area contributed by atoms with Crippen LogP contribution in [-0.2, 0) is 0 Å². The number of hydrogen-bond acceptors (Lipinski definition) is 3. The van der Waals surface area contributed by atoms with Crippen molar-refractivity contribution in [2.75, 3.05) is 11.1 Å². The Bertz CT molecular complexity index is 647. The number of rotatable bonds is 3. The summed E-state index contributed by atoms with van der Waals surface area (Å²) in [6, 6.07) is 8.84. The van der Waals surface area contributed by atoms with E-state index in [-0.39, 0.29) is 16.9 Å². The number of nitrogen functional groups attached to an aromatic ring is 1. The maximum atomic E-state index is 13.7. The van der Waals surface area contributed by atoms with Gasteiger partial charge in [0.25, 0.3) is 0 Å². The van der Waals surface area contributed by atoms with Gasteiger partial charge in [-0.1, -0.05) is 23.7 Å². The lowest BCUT2D eigenvalue weighted by atomic mass is 10.1. The van der Waals surface area contributed by atoms with Crippen molar-refractivity contribution >= 4 is 34.6 Å². The summed E-state index contributed by atoms with van der Waals surface area (Å²) >= 11 is 5.93. The molecule has 0 atom stereocenters. The van der Waals surface area contributed by atoms with E-state index in [1.807, 2.05) is 0 Å². The number of hydrogen-bond donors (Lipinski definition) is 3. The van der Waals surface area contributed by atoms with Crippen molar-refractivity contribution < 1.29 is 14.3 Å². The van der Waals surface area contributed by atoms with E-state index in [4.69, 9.17) is 22.4 Å². The summed E-state index contributed by atoms with van der Waals surface area (Å²) in [7, 11) is 0. The van der Waals surface area contributed by atoms with Crippen LogP contribution in [-0.4, -0.2) is 11.1 Å². The molecule has 0 unspecified atom stereocenters. The van der Waals surface area contributed by atoms with Crippen molar-refractivity contribution in [2.24, 2.45) is 0 Å². The van der Waals surface area contributed by atoms with Crippen LogP contribution >= 0.6 is 11.6 Å². The van der Waals surface area contributed by atoms with Gasteiger partial charge in [-0.15, -0.1) is 0 Å². The predicted molar refractivity (Wildman–Crippen MR) is 72.5 cm³/mol. The standard InChI is InChI=1S/C13H10ClFN2O2/c14-8-3-1-2-4-11(8)17-12-5-7(13(18)19)10(16)6-9(12)15/h1-6,17H,16H2,(H,18,19). The Labute approximate surface area is 113 Å². The second kappa shape index (κ2) is 5.16. The first kappa shape index (κ1) is 13.2. The predicted octanol–water partition coefficient (Wildman–Crippen LogP) is 3.50. The SMILES string of the molecule is Nc1cc(F)c(Nc2ccccc2Cl)cc1C(=O)O. The van der Waals surface area contributed by atoms with Gasteiger partial charge in [0.1, 0.15) is 5.82 Å². The number of carboxylic acid groups (broad SMARTS) is 1. The summed E-state index contributed by atoms with van der Waals surface area (Å²) in [5.41, 5.74) is 5.62. The molecule has 98 valence electrons. The summed E-state index contributed by atoms with van der Waals surface area (Å²) in [6.07, 6.45) is 0. The number of benzene rings is 2. The van der Waals surface area contributed by atoms with E-state index in [1.54, 1.807) is 24.3 Å². The van der Waals surface area contributed by atoms with Crippen molar-refractivity contribution in [3.05, 3.63) is 52.8 Å². The van der Waals surface area contributed by atoms with Gasteiger partial charge in [0, 0.05) is 5.69 Å². The molecule has 0 fully saturated rings. The molecule has 6 heteroatoms. The third-order valence-corrected chi connectivity index (χ3v) is 2.84. The van der Waals surface area contributed by atoms with E-state index in [1.165, 1.54) is 0 Å². The van der Waals surface area contributed by atoms with E-state index >= 15 is 0 Å². The van der Waals surface area contributed by atoms with E-state index in [0.717, 1.165) is 12.1 Å². The highest BCUT2D eigenvalue weighted by atomic mass is 35.5. The molecule has 19 heavy (non-hydrogen) atoms. The summed E-state index contributed by atoms with van der Waals surface area (Å²) in [5, 5.41) is 12.1. The normalized spacial score (nSPS) is 10.2. The van der Waals surface area contributed by atoms with Gasteiger partial charge in [-0.2, -0.15) is 0 Å². The molecule has 0 saturated carbocycles. The molecule has 0 aliphatic rings. The molecule has 0 amide bonds. The van der Waals surface area contributed by atoms with Gasteiger partial charge in [0.15, 0.2) is 0 Å². The van der Waals surface area contributed by atoms with E-state index in [2.05, 4.69) is 5.32 Å². The second-order valence-corrected chi connectivity index (χ2v) is 4.24. The fourth-order valence-electron chi connectivity index (χ4n) is 1.58. The molecule has 2 aromatic carbocycles. The quantitative estimate of drug-likeness (QED) is 0.752. The Morgan fingerprint density at radius 3 is 2.58 bits per heavy atom. The molecule has 0 saturated heterocycles. The maximum Gasteiger partial charge on any atom is 0.337 e. The van der Waals surface area contributed by atoms with Crippen LogP contribution in [0.4, 0.5) is 21.5 Å². The first-order valence-electron chi connectivity index (χ1n) is 5.33. The monoisotopic (exact) mass is 280 g/mol. The summed E-state index contributed by atoms with van der Waals surface area (Å²) in [5.74, 6) is -1.87. The molecule has 2 rings (SSSR count).